The van der Waals surface area contributed by atoms with E-state index in [-0.39, 0.29) is 5.91 Å². The number of aliphatic imine (C=N–C) groups is 1. The van der Waals surface area contributed by atoms with Gasteiger partial charge in [-0.25, -0.2) is 4.98 Å². The molecular weight excluding hydrogens is 302 g/mol. The van der Waals surface area contributed by atoms with Crippen molar-refractivity contribution in [3.8, 4) is 0 Å². The van der Waals surface area contributed by atoms with E-state index >= 15 is 0 Å². The highest BCUT2D eigenvalue weighted by Gasteiger charge is 2.30. The smallest absolute Gasteiger partial charge is 0.227 e. The molecule has 6 nitrogen and oxygen atoms in total. The highest BCUT2D eigenvalue weighted by molar-refractivity contribution is 5.90. The van der Waals surface area contributed by atoms with Crippen LogP contribution in [0.2, 0.25) is 0 Å². The maximum absolute atomic E-state index is 12.0. The van der Waals surface area contributed by atoms with Gasteiger partial charge in [0.2, 0.25) is 5.91 Å². The third-order valence-corrected chi connectivity index (χ3v) is 4.09. The molecule has 2 heterocycles. The quantitative estimate of drug-likeness (QED) is 0.642. The monoisotopic (exact) mass is 331 g/mol. The number of likely N-dealkylation sites (tertiary alicyclic amines) is 1. The molecule has 2 N–H and O–H groups in total. The molecule has 1 amide bonds. The fourth-order valence-corrected chi connectivity index (χ4v) is 2.73. The molecule has 0 saturated carbocycles. The molecular formula is C18H29N5O. The van der Waals surface area contributed by atoms with Crippen LogP contribution in [-0.2, 0) is 4.79 Å². The summed E-state index contributed by atoms with van der Waals surface area (Å²) in [4.78, 5) is 23.1. The Balaban J connectivity index is 1.85. The molecule has 1 aromatic heterocycles. The second-order valence-electron chi connectivity index (χ2n) is 7.09. The van der Waals surface area contributed by atoms with Crippen LogP contribution >= 0.6 is 0 Å². The number of amides is 1. The molecule has 0 radical (unpaired) electrons. The van der Waals surface area contributed by atoms with Crippen LogP contribution in [-0.4, -0.2) is 47.9 Å². The maximum atomic E-state index is 12.0. The van der Waals surface area contributed by atoms with Gasteiger partial charge in [-0.15, -0.1) is 0 Å². The van der Waals surface area contributed by atoms with E-state index in [9.17, 15) is 4.79 Å². The number of guanidine groups is 1. The Kier molecular flexibility index (Phi) is 6.17. The number of pyridine rings is 1. The molecule has 132 valence electrons. The number of carbonyl (C=O) groups excluding carboxylic acids is 1. The van der Waals surface area contributed by atoms with Crippen molar-refractivity contribution in [2.45, 2.75) is 40.5 Å². The second-order valence-corrected chi connectivity index (χ2v) is 7.09. The summed E-state index contributed by atoms with van der Waals surface area (Å²) in [7, 11) is 0. The summed E-state index contributed by atoms with van der Waals surface area (Å²) in [6.45, 7) is 11.9. The number of hydrogen-bond donors (Lipinski definition) is 2. The number of anilines is 1. The fourth-order valence-electron chi connectivity index (χ4n) is 2.73. The molecule has 1 aliphatic rings. The minimum atomic E-state index is -0.0623. The SMILES string of the molecule is CCNC(=NCCC(=O)Nc1ccc(C)cn1)N1CCC(C)(C)C1. The number of aryl methyl sites for hydroxylation is 1. The molecule has 0 aromatic carbocycles. The van der Waals surface area contributed by atoms with E-state index in [1.807, 2.05) is 19.1 Å². The summed E-state index contributed by atoms with van der Waals surface area (Å²) in [5.41, 5.74) is 1.39. The Morgan fingerprint density at radius 1 is 1.42 bits per heavy atom. The predicted molar refractivity (Wildman–Crippen MR) is 98.2 cm³/mol. The first-order chi connectivity index (χ1) is 11.4. The van der Waals surface area contributed by atoms with Crippen molar-refractivity contribution < 1.29 is 4.79 Å². The van der Waals surface area contributed by atoms with Crippen molar-refractivity contribution in [2.24, 2.45) is 10.4 Å². The summed E-state index contributed by atoms with van der Waals surface area (Å²) in [6, 6.07) is 3.74. The van der Waals surface area contributed by atoms with Crippen LogP contribution in [0, 0.1) is 12.3 Å². The van der Waals surface area contributed by atoms with Crippen molar-refractivity contribution in [1.29, 1.82) is 0 Å². The first-order valence-electron chi connectivity index (χ1n) is 8.65. The normalized spacial score (nSPS) is 17.0. The lowest BCUT2D eigenvalue weighted by Gasteiger charge is -2.23. The van der Waals surface area contributed by atoms with Gasteiger partial charge in [0.15, 0.2) is 5.96 Å². The highest BCUT2D eigenvalue weighted by Crippen LogP contribution is 2.28. The molecule has 2 rings (SSSR count). The molecule has 0 bridgehead atoms. The number of aromatic nitrogens is 1. The van der Waals surface area contributed by atoms with Crippen molar-refractivity contribution in [3.05, 3.63) is 23.9 Å². The zero-order valence-electron chi connectivity index (χ0n) is 15.2. The first kappa shape index (κ1) is 18.2. The number of hydrogen-bond acceptors (Lipinski definition) is 3. The van der Waals surface area contributed by atoms with E-state index in [1.165, 1.54) is 0 Å². The number of carbonyl (C=O) groups is 1. The zero-order valence-corrected chi connectivity index (χ0v) is 15.2. The van der Waals surface area contributed by atoms with Gasteiger partial charge in [0.25, 0.3) is 0 Å². The molecule has 1 aromatic rings. The molecule has 0 atom stereocenters. The van der Waals surface area contributed by atoms with Gasteiger partial charge < -0.3 is 15.5 Å². The van der Waals surface area contributed by atoms with Gasteiger partial charge in [0.05, 0.1) is 6.54 Å². The largest absolute Gasteiger partial charge is 0.357 e. The van der Waals surface area contributed by atoms with E-state index in [4.69, 9.17) is 0 Å². The average Bonchev–Trinajstić information content (AvgIpc) is 2.89. The summed E-state index contributed by atoms with van der Waals surface area (Å²) in [5, 5.41) is 6.13. The molecule has 1 aliphatic heterocycles. The molecule has 0 spiro atoms. The van der Waals surface area contributed by atoms with Crippen molar-refractivity contribution in [3.63, 3.8) is 0 Å². The Labute approximate surface area is 144 Å². The van der Waals surface area contributed by atoms with Crippen molar-refractivity contribution in [2.75, 3.05) is 31.5 Å². The minimum Gasteiger partial charge on any atom is -0.357 e. The van der Waals surface area contributed by atoms with E-state index in [0.29, 0.717) is 24.2 Å². The number of nitrogens with one attached hydrogen (secondary N) is 2. The Morgan fingerprint density at radius 2 is 2.21 bits per heavy atom. The molecule has 1 fully saturated rings. The van der Waals surface area contributed by atoms with Gasteiger partial charge >= 0.3 is 0 Å². The van der Waals surface area contributed by atoms with Crippen LogP contribution in [0.4, 0.5) is 5.82 Å². The van der Waals surface area contributed by atoms with Crippen molar-refractivity contribution in [1.82, 2.24) is 15.2 Å². The standard InChI is InChI=1S/C18H29N5O/c1-5-19-17(23-11-9-18(3,4)13-23)20-10-8-16(24)22-15-7-6-14(2)12-21-15/h6-7,12H,5,8-11,13H2,1-4H3,(H,19,20)(H,21,22,24). The lowest BCUT2D eigenvalue weighted by atomic mass is 9.93. The summed E-state index contributed by atoms with van der Waals surface area (Å²) in [6.07, 6.45) is 3.25. The van der Waals surface area contributed by atoms with Gasteiger partial charge in [-0.05, 0) is 37.3 Å². The van der Waals surface area contributed by atoms with Gasteiger partial charge in [-0.2, -0.15) is 0 Å². The van der Waals surface area contributed by atoms with Gasteiger partial charge in [-0.3, -0.25) is 9.79 Å². The van der Waals surface area contributed by atoms with Crippen LogP contribution in [0.15, 0.2) is 23.3 Å². The topological polar surface area (TPSA) is 69.6 Å². The third kappa shape index (κ3) is 5.51. The molecule has 0 unspecified atom stereocenters. The van der Waals surface area contributed by atoms with Crippen LogP contribution in [0.1, 0.15) is 39.2 Å². The van der Waals surface area contributed by atoms with E-state index in [2.05, 4.69) is 46.3 Å². The Bertz CT molecular complexity index is 580. The molecule has 24 heavy (non-hydrogen) atoms. The number of nitrogens with zero attached hydrogens (tertiary/aromatic N) is 3. The van der Waals surface area contributed by atoms with Gasteiger partial charge in [0, 0.05) is 32.3 Å². The minimum absolute atomic E-state index is 0.0623. The molecule has 0 aliphatic carbocycles. The molecule has 6 heteroatoms. The zero-order chi connectivity index (χ0) is 17.6. The Morgan fingerprint density at radius 3 is 2.79 bits per heavy atom. The van der Waals surface area contributed by atoms with Crippen LogP contribution in [0.25, 0.3) is 0 Å². The molecule has 1 saturated heterocycles. The lowest BCUT2D eigenvalue weighted by Crippen LogP contribution is -2.41. The van der Waals surface area contributed by atoms with Crippen LogP contribution in [0.3, 0.4) is 0 Å². The average molecular weight is 331 g/mol. The van der Waals surface area contributed by atoms with Crippen LogP contribution < -0.4 is 10.6 Å². The van der Waals surface area contributed by atoms with Crippen LogP contribution in [0.5, 0.6) is 0 Å². The van der Waals surface area contributed by atoms with Gasteiger partial charge in [0.1, 0.15) is 5.82 Å². The summed E-state index contributed by atoms with van der Waals surface area (Å²) >= 11 is 0. The van der Waals surface area contributed by atoms with Gasteiger partial charge in [-0.1, -0.05) is 19.9 Å². The lowest BCUT2D eigenvalue weighted by molar-refractivity contribution is -0.116. The van der Waals surface area contributed by atoms with E-state index in [1.54, 1.807) is 6.20 Å². The third-order valence-electron chi connectivity index (χ3n) is 4.09. The predicted octanol–water partition coefficient (Wildman–Crippen LogP) is 2.42. The first-order valence-corrected chi connectivity index (χ1v) is 8.65. The van der Waals surface area contributed by atoms with E-state index in [0.717, 1.165) is 37.6 Å². The van der Waals surface area contributed by atoms with Crippen molar-refractivity contribution >= 4 is 17.7 Å². The maximum Gasteiger partial charge on any atom is 0.227 e. The van der Waals surface area contributed by atoms with E-state index < -0.39 is 0 Å². The Hall–Kier alpha value is -2.11. The fraction of sp³-hybridized carbons (Fsp3) is 0.611. The summed E-state index contributed by atoms with van der Waals surface area (Å²) < 4.78 is 0. The highest BCUT2D eigenvalue weighted by atomic mass is 16.1. The summed E-state index contributed by atoms with van der Waals surface area (Å²) in [5.74, 6) is 1.43. The number of rotatable bonds is 5. The second kappa shape index (κ2) is 8.13.